The molecule has 1 saturated carbocycles. The van der Waals surface area contributed by atoms with Crippen LogP contribution in [0.4, 0.5) is 0 Å². The third kappa shape index (κ3) is 2.35. The maximum Gasteiger partial charge on any atom is 0.138 e. The van der Waals surface area contributed by atoms with E-state index in [1.807, 2.05) is 13.0 Å². The lowest BCUT2D eigenvalue weighted by Crippen LogP contribution is -2.60. The van der Waals surface area contributed by atoms with Gasteiger partial charge in [0.05, 0.1) is 11.8 Å². The third-order valence-electron chi connectivity index (χ3n) is 4.07. The summed E-state index contributed by atoms with van der Waals surface area (Å²) in [7, 11) is 1.76. The highest BCUT2D eigenvalue weighted by molar-refractivity contribution is 5.27. The highest BCUT2D eigenvalue weighted by Crippen LogP contribution is 2.42. The number of aromatic nitrogens is 1. The van der Waals surface area contributed by atoms with Crippen LogP contribution in [0, 0.1) is 12.3 Å². The maximum atomic E-state index is 9.74. The Morgan fingerprint density at radius 1 is 1.50 bits per heavy atom. The van der Waals surface area contributed by atoms with Crippen LogP contribution in [0.3, 0.4) is 0 Å². The van der Waals surface area contributed by atoms with E-state index in [9.17, 15) is 5.11 Å². The lowest BCUT2D eigenvalue weighted by atomic mass is 9.64. The molecule has 1 heterocycles. The molecule has 0 bridgehead atoms. The maximum absolute atomic E-state index is 9.74. The van der Waals surface area contributed by atoms with Crippen molar-refractivity contribution in [3.63, 3.8) is 0 Å². The van der Waals surface area contributed by atoms with Gasteiger partial charge in [-0.15, -0.1) is 0 Å². The van der Waals surface area contributed by atoms with Crippen molar-refractivity contribution >= 4 is 0 Å². The van der Waals surface area contributed by atoms with Crippen molar-refractivity contribution < 1.29 is 9.84 Å². The quantitative estimate of drug-likeness (QED) is 0.858. The molecule has 0 aliphatic heterocycles. The van der Waals surface area contributed by atoms with Gasteiger partial charge in [-0.3, -0.25) is 4.98 Å². The first-order chi connectivity index (χ1) is 8.45. The normalized spacial score (nSPS) is 25.8. The molecule has 1 fully saturated rings. The van der Waals surface area contributed by atoms with Gasteiger partial charge in [0.1, 0.15) is 5.75 Å². The van der Waals surface area contributed by atoms with E-state index in [-0.39, 0.29) is 11.2 Å². The molecule has 2 atom stereocenters. The summed E-state index contributed by atoms with van der Waals surface area (Å²) in [6, 6.07) is 3.92. The molecule has 2 rings (SSSR count). The molecule has 0 radical (unpaired) electrons. The van der Waals surface area contributed by atoms with Crippen molar-refractivity contribution in [3.05, 3.63) is 23.5 Å². The number of aryl methyl sites for hydroxylation is 1. The van der Waals surface area contributed by atoms with Crippen LogP contribution < -0.4 is 5.32 Å². The molecular weight excluding hydrogens is 228 g/mol. The Morgan fingerprint density at radius 2 is 2.22 bits per heavy atom. The molecule has 0 aromatic carbocycles. The Bertz CT molecular complexity index is 432. The van der Waals surface area contributed by atoms with Crippen molar-refractivity contribution in [1.82, 2.24) is 10.3 Å². The van der Waals surface area contributed by atoms with Gasteiger partial charge in [-0.1, -0.05) is 13.8 Å². The number of rotatable bonds is 4. The van der Waals surface area contributed by atoms with E-state index in [0.717, 1.165) is 12.1 Å². The number of hydrogen-bond donors (Lipinski definition) is 2. The van der Waals surface area contributed by atoms with Crippen LogP contribution in [0.2, 0.25) is 0 Å². The van der Waals surface area contributed by atoms with Crippen LogP contribution in [0.25, 0.3) is 0 Å². The lowest BCUT2D eigenvalue weighted by molar-refractivity contribution is -0.0980. The number of pyridine rings is 1. The number of nitrogens with zero attached hydrogens (tertiary/aromatic N) is 1. The van der Waals surface area contributed by atoms with E-state index < -0.39 is 0 Å². The lowest BCUT2D eigenvalue weighted by Gasteiger charge is -2.51. The van der Waals surface area contributed by atoms with Crippen LogP contribution in [-0.4, -0.2) is 29.3 Å². The first kappa shape index (κ1) is 13.3. The molecule has 1 aromatic rings. The summed E-state index contributed by atoms with van der Waals surface area (Å²) in [6.45, 7) is 6.92. The molecule has 2 unspecified atom stereocenters. The smallest absolute Gasteiger partial charge is 0.138 e. The van der Waals surface area contributed by atoms with Gasteiger partial charge in [0.15, 0.2) is 0 Å². The molecule has 4 nitrogen and oxygen atoms in total. The average Bonchev–Trinajstić information content (AvgIpc) is 2.32. The number of aromatic hydroxyl groups is 1. The predicted molar refractivity (Wildman–Crippen MR) is 70.5 cm³/mol. The van der Waals surface area contributed by atoms with Gasteiger partial charge in [-0.2, -0.15) is 0 Å². The summed E-state index contributed by atoms with van der Waals surface area (Å²) in [4.78, 5) is 4.35. The predicted octanol–water partition coefficient (Wildman–Crippen LogP) is 2.00. The summed E-state index contributed by atoms with van der Waals surface area (Å²) >= 11 is 0. The van der Waals surface area contributed by atoms with Crippen molar-refractivity contribution in [2.75, 3.05) is 7.11 Å². The fraction of sp³-hybridized carbons (Fsp3) is 0.643. The second kappa shape index (κ2) is 4.86. The summed E-state index contributed by atoms with van der Waals surface area (Å²) in [5.41, 5.74) is 1.77. The Labute approximate surface area is 108 Å². The second-order valence-corrected chi connectivity index (χ2v) is 5.63. The number of nitrogens with one attached hydrogen (secondary N) is 1. The zero-order chi connectivity index (χ0) is 13.3. The third-order valence-corrected chi connectivity index (χ3v) is 4.07. The number of hydrogen-bond acceptors (Lipinski definition) is 4. The van der Waals surface area contributed by atoms with Crippen LogP contribution >= 0.6 is 0 Å². The average molecular weight is 250 g/mol. The van der Waals surface area contributed by atoms with E-state index in [0.29, 0.717) is 24.4 Å². The molecule has 1 aromatic heterocycles. The topological polar surface area (TPSA) is 54.4 Å². The van der Waals surface area contributed by atoms with Crippen LogP contribution in [0.5, 0.6) is 5.75 Å². The monoisotopic (exact) mass is 250 g/mol. The highest BCUT2D eigenvalue weighted by atomic mass is 16.5. The van der Waals surface area contributed by atoms with E-state index in [2.05, 4.69) is 24.1 Å². The van der Waals surface area contributed by atoms with Gasteiger partial charge in [0, 0.05) is 30.8 Å². The van der Waals surface area contributed by atoms with Crippen molar-refractivity contribution in [3.8, 4) is 5.75 Å². The van der Waals surface area contributed by atoms with Gasteiger partial charge >= 0.3 is 0 Å². The first-order valence-corrected chi connectivity index (χ1v) is 6.37. The number of methoxy groups -OCH3 is 1. The molecule has 0 amide bonds. The summed E-state index contributed by atoms with van der Waals surface area (Å²) in [6.07, 6.45) is 1.32. The van der Waals surface area contributed by atoms with Gasteiger partial charge in [0.2, 0.25) is 0 Å². The van der Waals surface area contributed by atoms with E-state index in [1.54, 1.807) is 13.2 Å². The minimum atomic E-state index is 0.133. The Morgan fingerprint density at radius 3 is 2.83 bits per heavy atom. The van der Waals surface area contributed by atoms with E-state index in [4.69, 9.17) is 4.74 Å². The van der Waals surface area contributed by atoms with Crippen LogP contribution in [0.1, 0.15) is 31.7 Å². The van der Waals surface area contributed by atoms with E-state index in [1.165, 1.54) is 0 Å². The van der Waals surface area contributed by atoms with Crippen LogP contribution in [-0.2, 0) is 11.3 Å². The Balaban J connectivity index is 1.95. The molecule has 2 N–H and O–H groups in total. The highest BCUT2D eigenvalue weighted by Gasteiger charge is 2.48. The molecule has 0 saturated heterocycles. The summed E-state index contributed by atoms with van der Waals surface area (Å²) < 4.78 is 5.42. The van der Waals surface area contributed by atoms with Gasteiger partial charge < -0.3 is 15.2 Å². The molecular formula is C14H22N2O2. The Kier molecular flexibility index (Phi) is 3.59. The zero-order valence-corrected chi connectivity index (χ0v) is 11.5. The standard InChI is InChI=1S/C14H22N2O2/c1-9-5-6-11(17)10(16-9)8-15-12-7-13(18-4)14(12,2)3/h5-6,12-13,15,17H,7-8H2,1-4H3. The van der Waals surface area contributed by atoms with Gasteiger partial charge in [-0.25, -0.2) is 0 Å². The zero-order valence-electron chi connectivity index (χ0n) is 11.5. The summed E-state index contributed by atoms with van der Waals surface area (Å²) in [5, 5.41) is 13.2. The summed E-state index contributed by atoms with van der Waals surface area (Å²) in [5.74, 6) is 0.258. The minimum absolute atomic E-state index is 0.133. The SMILES string of the molecule is COC1CC(NCc2nc(C)ccc2O)C1(C)C. The first-order valence-electron chi connectivity index (χ1n) is 6.37. The molecule has 4 heteroatoms. The fourth-order valence-corrected chi connectivity index (χ4v) is 2.58. The molecule has 1 aliphatic rings. The molecule has 0 spiro atoms. The van der Waals surface area contributed by atoms with E-state index >= 15 is 0 Å². The molecule has 100 valence electrons. The van der Waals surface area contributed by atoms with Crippen LogP contribution in [0.15, 0.2) is 12.1 Å². The minimum Gasteiger partial charge on any atom is -0.506 e. The number of ether oxygens (including phenoxy) is 1. The largest absolute Gasteiger partial charge is 0.506 e. The second-order valence-electron chi connectivity index (χ2n) is 5.63. The van der Waals surface area contributed by atoms with Crippen molar-refractivity contribution in [2.24, 2.45) is 5.41 Å². The molecule has 18 heavy (non-hydrogen) atoms. The fourth-order valence-electron chi connectivity index (χ4n) is 2.58. The van der Waals surface area contributed by atoms with Crippen molar-refractivity contribution in [1.29, 1.82) is 0 Å². The van der Waals surface area contributed by atoms with Gasteiger partial charge in [-0.05, 0) is 25.5 Å². The Hall–Kier alpha value is -1.13. The van der Waals surface area contributed by atoms with Gasteiger partial charge in [0.25, 0.3) is 0 Å². The molecule has 1 aliphatic carbocycles. The van der Waals surface area contributed by atoms with Crippen molar-refractivity contribution in [2.45, 2.75) is 45.9 Å².